The smallest absolute Gasteiger partial charge is 0.379 e. The third-order valence-electron chi connectivity index (χ3n) is 2.75. The molecule has 21 heavy (non-hydrogen) atoms. The van der Waals surface area contributed by atoms with E-state index in [0.29, 0.717) is 17.9 Å². The summed E-state index contributed by atoms with van der Waals surface area (Å²) in [5, 5.41) is 0. The number of esters is 1. The lowest BCUT2D eigenvalue weighted by molar-refractivity contribution is -0.149. The lowest BCUT2D eigenvalue weighted by atomic mass is 10.1. The van der Waals surface area contributed by atoms with Crippen molar-refractivity contribution in [1.82, 2.24) is 0 Å². The first kappa shape index (κ1) is 16.7. The van der Waals surface area contributed by atoms with Crippen LogP contribution < -0.4 is 4.74 Å². The summed E-state index contributed by atoms with van der Waals surface area (Å²) in [6.07, 6.45) is 3.59. The van der Waals surface area contributed by atoms with Gasteiger partial charge >= 0.3 is 5.97 Å². The fraction of sp³-hybridized carbons (Fsp3) is 0.294. The number of hydrogen-bond donors (Lipinski definition) is 0. The van der Waals surface area contributed by atoms with Crippen molar-refractivity contribution in [2.75, 3.05) is 13.7 Å². The summed E-state index contributed by atoms with van der Waals surface area (Å²) in [6.45, 7) is 6.02. The van der Waals surface area contributed by atoms with E-state index < -0.39 is 11.8 Å². The molecule has 112 valence electrons. The highest BCUT2D eigenvalue weighted by Gasteiger charge is 2.16. The summed E-state index contributed by atoms with van der Waals surface area (Å²) in [6, 6.07) is 7.34. The van der Waals surface area contributed by atoms with Crippen molar-refractivity contribution in [3.8, 4) is 5.75 Å². The topological polar surface area (TPSA) is 52.6 Å². The lowest BCUT2D eigenvalue weighted by Crippen LogP contribution is -2.16. The zero-order chi connectivity index (χ0) is 15.8. The Morgan fingerprint density at radius 2 is 1.81 bits per heavy atom. The third kappa shape index (κ3) is 5.26. The zero-order valence-corrected chi connectivity index (χ0v) is 12.8. The number of carbonyl (C=O) groups excluding carboxylic acids is 2. The molecule has 0 spiro atoms. The van der Waals surface area contributed by atoms with Crippen molar-refractivity contribution in [3.05, 3.63) is 47.1 Å². The van der Waals surface area contributed by atoms with Crippen LogP contribution in [0.25, 0.3) is 6.08 Å². The molecule has 1 aromatic rings. The molecule has 0 saturated carbocycles. The lowest BCUT2D eigenvalue weighted by Gasteiger charge is -2.08. The highest BCUT2D eigenvalue weighted by atomic mass is 16.5. The van der Waals surface area contributed by atoms with Gasteiger partial charge in [0.25, 0.3) is 5.78 Å². The van der Waals surface area contributed by atoms with Gasteiger partial charge in [-0.3, -0.25) is 4.79 Å². The number of Topliss-reactive ketones (excluding diaryl/α,β-unsaturated/α-hetero) is 1. The quantitative estimate of drug-likeness (QED) is 0.349. The molecule has 4 heteroatoms. The second kappa shape index (κ2) is 8.04. The maximum atomic E-state index is 11.7. The normalized spacial score (nSPS) is 10.8. The van der Waals surface area contributed by atoms with E-state index in [9.17, 15) is 9.59 Å². The molecule has 0 aromatic heterocycles. The maximum Gasteiger partial charge on any atom is 0.379 e. The van der Waals surface area contributed by atoms with Crippen molar-refractivity contribution in [2.45, 2.75) is 20.8 Å². The number of para-hydroxylation sites is 1. The van der Waals surface area contributed by atoms with E-state index in [4.69, 9.17) is 4.74 Å². The van der Waals surface area contributed by atoms with Crippen LogP contribution in [0, 0.1) is 0 Å². The van der Waals surface area contributed by atoms with Crippen LogP contribution in [0.15, 0.2) is 41.5 Å². The minimum Gasteiger partial charge on any atom is -0.489 e. The second-order valence-corrected chi connectivity index (χ2v) is 4.78. The van der Waals surface area contributed by atoms with E-state index >= 15 is 0 Å². The fourth-order valence-corrected chi connectivity index (χ4v) is 1.58. The number of allylic oxidation sites excluding steroid dienone is 1. The van der Waals surface area contributed by atoms with E-state index in [0.717, 1.165) is 5.56 Å². The molecule has 0 bridgehead atoms. The molecule has 4 nitrogen and oxygen atoms in total. The number of carbonyl (C=O) groups is 2. The van der Waals surface area contributed by atoms with Gasteiger partial charge in [0.15, 0.2) is 0 Å². The van der Waals surface area contributed by atoms with Gasteiger partial charge in [-0.05, 0) is 39.0 Å². The van der Waals surface area contributed by atoms with Crippen molar-refractivity contribution in [1.29, 1.82) is 0 Å². The van der Waals surface area contributed by atoms with Crippen LogP contribution in [0.4, 0.5) is 0 Å². The number of benzene rings is 1. The number of ether oxygens (including phenoxy) is 2. The van der Waals surface area contributed by atoms with Crippen molar-refractivity contribution in [3.63, 3.8) is 0 Å². The predicted molar refractivity (Wildman–Crippen MR) is 82.0 cm³/mol. The zero-order valence-electron chi connectivity index (χ0n) is 12.8. The van der Waals surface area contributed by atoms with Crippen LogP contribution >= 0.6 is 0 Å². The first-order chi connectivity index (χ1) is 9.95. The van der Waals surface area contributed by atoms with Gasteiger partial charge in [0.2, 0.25) is 0 Å². The minimum absolute atomic E-state index is 0.306. The summed E-state index contributed by atoms with van der Waals surface area (Å²) >= 11 is 0. The van der Waals surface area contributed by atoms with Crippen molar-refractivity contribution < 1.29 is 19.1 Å². The second-order valence-electron chi connectivity index (χ2n) is 4.78. The van der Waals surface area contributed by atoms with Gasteiger partial charge in [0.1, 0.15) is 12.4 Å². The molecule has 0 N–H and O–H groups in total. The van der Waals surface area contributed by atoms with Crippen molar-refractivity contribution in [2.24, 2.45) is 0 Å². The van der Waals surface area contributed by atoms with Crippen LogP contribution in [0.1, 0.15) is 26.3 Å². The van der Waals surface area contributed by atoms with Gasteiger partial charge in [-0.25, -0.2) is 4.79 Å². The average Bonchev–Trinajstić information content (AvgIpc) is 2.47. The van der Waals surface area contributed by atoms with E-state index in [2.05, 4.69) is 4.74 Å². The van der Waals surface area contributed by atoms with Gasteiger partial charge in [-0.1, -0.05) is 23.8 Å². The standard InChI is InChI=1S/C17H20O4/c1-12(2)9-10-21-15-8-6-5-7-14(15)11-13(3)16(18)17(19)20-4/h5-9,11H,10H2,1-4H3/b13-11+. The van der Waals surface area contributed by atoms with Crippen molar-refractivity contribution >= 4 is 17.8 Å². The van der Waals surface area contributed by atoms with Crippen LogP contribution in [0.2, 0.25) is 0 Å². The molecule has 1 rings (SSSR count). The molecule has 0 amide bonds. The Balaban J connectivity index is 2.95. The SMILES string of the molecule is COC(=O)C(=O)/C(C)=C/c1ccccc1OCC=C(C)C. The van der Waals surface area contributed by atoms with Crippen LogP contribution in [-0.2, 0) is 14.3 Å². The van der Waals surface area contributed by atoms with Crippen LogP contribution in [-0.4, -0.2) is 25.5 Å². The summed E-state index contributed by atoms with van der Waals surface area (Å²) < 4.78 is 10.1. The summed E-state index contributed by atoms with van der Waals surface area (Å²) in [5.41, 5.74) is 2.22. The highest BCUT2D eigenvalue weighted by molar-refractivity contribution is 6.41. The molecule has 0 aliphatic rings. The first-order valence-electron chi connectivity index (χ1n) is 6.62. The summed E-state index contributed by atoms with van der Waals surface area (Å²) in [5.74, 6) is -0.865. The number of methoxy groups -OCH3 is 1. The molecule has 0 saturated heterocycles. The monoisotopic (exact) mass is 288 g/mol. The molecule has 0 aliphatic carbocycles. The Kier molecular flexibility index (Phi) is 6.40. The maximum absolute atomic E-state index is 11.7. The van der Waals surface area contributed by atoms with Gasteiger partial charge < -0.3 is 9.47 Å². The highest BCUT2D eigenvalue weighted by Crippen LogP contribution is 2.21. The van der Waals surface area contributed by atoms with Gasteiger partial charge in [-0.2, -0.15) is 0 Å². The van der Waals surface area contributed by atoms with E-state index in [1.54, 1.807) is 13.0 Å². The molecule has 0 heterocycles. The molecule has 0 unspecified atom stereocenters. The molecule has 0 fully saturated rings. The van der Waals surface area contributed by atoms with Crippen LogP contribution in [0.5, 0.6) is 5.75 Å². The van der Waals surface area contributed by atoms with Crippen LogP contribution in [0.3, 0.4) is 0 Å². The number of ketones is 1. The Morgan fingerprint density at radius 1 is 1.14 bits per heavy atom. The molecular formula is C17H20O4. The summed E-state index contributed by atoms with van der Waals surface area (Å²) in [7, 11) is 1.18. The minimum atomic E-state index is -0.869. The molecule has 0 radical (unpaired) electrons. The average molecular weight is 288 g/mol. The Labute approximate surface area is 125 Å². The predicted octanol–water partition coefficient (Wildman–Crippen LogP) is 3.18. The molecule has 1 aromatic carbocycles. The molecule has 0 aliphatic heterocycles. The van der Waals surface area contributed by atoms with Gasteiger partial charge in [0, 0.05) is 11.1 Å². The molecule has 0 atom stereocenters. The van der Waals surface area contributed by atoms with E-state index in [1.165, 1.54) is 12.7 Å². The largest absolute Gasteiger partial charge is 0.489 e. The number of rotatable bonds is 6. The van der Waals surface area contributed by atoms with E-state index in [1.807, 2.05) is 44.2 Å². The Bertz CT molecular complexity index is 578. The first-order valence-corrected chi connectivity index (χ1v) is 6.62. The Morgan fingerprint density at radius 3 is 2.43 bits per heavy atom. The fourth-order valence-electron chi connectivity index (χ4n) is 1.58. The molecular weight excluding hydrogens is 268 g/mol. The van der Waals surface area contributed by atoms with Gasteiger partial charge in [-0.15, -0.1) is 0 Å². The van der Waals surface area contributed by atoms with E-state index in [-0.39, 0.29) is 0 Å². The summed E-state index contributed by atoms with van der Waals surface area (Å²) in [4.78, 5) is 22.9. The van der Waals surface area contributed by atoms with Gasteiger partial charge in [0.05, 0.1) is 7.11 Å². The number of hydrogen-bond acceptors (Lipinski definition) is 4. The Hall–Kier alpha value is -2.36. The third-order valence-corrected chi connectivity index (χ3v) is 2.75.